The molecule has 0 aliphatic heterocycles. The van der Waals surface area contributed by atoms with Crippen LogP contribution in [0.15, 0.2) is 47.6 Å². The number of rotatable bonds is 4. The van der Waals surface area contributed by atoms with Crippen LogP contribution in [0.25, 0.3) is 0 Å². The number of nitrogens with zero attached hydrogens (tertiary/aromatic N) is 2. The summed E-state index contributed by atoms with van der Waals surface area (Å²) < 4.78 is 0. The maximum Gasteiger partial charge on any atom is 0.437 e. The number of aryl methyl sites for hydroxylation is 1. The van der Waals surface area contributed by atoms with Crippen molar-refractivity contribution >= 4 is 35.3 Å². The summed E-state index contributed by atoms with van der Waals surface area (Å²) in [4.78, 5) is 18.4. The zero-order valence-corrected chi connectivity index (χ0v) is 14.0. The number of nitrogens with one attached hydrogen (secondary N) is 1. The second kappa shape index (κ2) is 7.65. The van der Waals surface area contributed by atoms with Crippen LogP contribution in [0.3, 0.4) is 0 Å². The van der Waals surface area contributed by atoms with Gasteiger partial charge in [0.1, 0.15) is 0 Å². The van der Waals surface area contributed by atoms with Gasteiger partial charge >= 0.3 is 6.09 Å². The topological polar surface area (TPSA) is 53.9 Å². The lowest BCUT2D eigenvalue weighted by molar-refractivity contribution is 0.167. The third kappa shape index (κ3) is 5.00. The quantitative estimate of drug-likeness (QED) is 0.516. The first-order chi connectivity index (χ1) is 11.0. The van der Waals surface area contributed by atoms with E-state index in [0.29, 0.717) is 10.7 Å². The highest BCUT2D eigenvalue weighted by Gasteiger charge is 2.04. The van der Waals surface area contributed by atoms with Crippen LogP contribution in [0.4, 0.5) is 16.2 Å². The Morgan fingerprint density at radius 1 is 1.22 bits per heavy atom. The number of carbonyl (C=O) groups excluding carboxylic acids is 1. The van der Waals surface area contributed by atoms with Gasteiger partial charge in [-0.2, -0.15) is 0 Å². The first-order valence-electron chi connectivity index (χ1n) is 7.00. The van der Waals surface area contributed by atoms with Crippen molar-refractivity contribution < 1.29 is 9.63 Å². The smallest absolute Gasteiger partial charge is 0.378 e. The molecule has 0 unspecified atom stereocenters. The molecule has 0 saturated carbocycles. The molecule has 5 nitrogen and oxygen atoms in total. The number of carbonyl (C=O) groups is 1. The third-order valence-electron chi connectivity index (χ3n) is 3.17. The van der Waals surface area contributed by atoms with Crippen molar-refractivity contribution in [1.82, 2.24) is 0 Å². The Labute approximate surface area is 140 Å². The molecule has 23 heavy (non-hydrogen) atoms. The van der Waals surface area contributed by atoms with Gasteiger partial charge in [-0.25, -0.2) is 4.79 Å². The van der Waals surface area contributed by atoms with E-state index in [1.165, 1.54) is 6.21 Å². The summed E-state index contributed by atoms with van der Waals surface area (Å²) in [5.74, 6) is 0. The van der Waals surface area contributed by atoms with Crippen molar-refractivity contribution in [2.24, 2.45) is 5.16 Å². The Morgan fingerprint density at radius 3 is 2.52 bits per heavy atom. The maximum atomic E-state index is 11.6. The Balaban J connectivity index is 1.89. The second-order valence-electron chi connectivity index (χ2n) is 5.19. The summed E-state index contributed by atoms with van der Waals surface area (Å²) in [6.45, 7) is 1.89. The second-order valence-corrected chi connectivity index (χ2v) is 5.60. The molecule has 0 aliphatic rings. The number of oxime groups is 1. The van der Waals surface area contributed by atoms with Gasteiger partial charge in [-0.1, -0.05) is 35.0 Å². The molecule has 0 saturated heterocycles. The monoisotopic (exact) mass is 331 g/mol. The Bertz CT molecular complexity index is 712. The summed E-state index contributed by atoms with van der Waals surface area (Å²) in [5.41, 5.74) is 3.40. The molecule has 2 aromatic carbocycles. The number of anilines is 2. The van der Waals surface area contributed by atoms with Gasteiger partial charge < -0.3 is 4.90 Å². The summed E-state index contributed by atoms with van der Waals surface area (Å²) in [7, 11) is 3.93. The van der Waals surface area contributed by atoms with E-state index in [-0.39, 0.29) is 0 Å². The van der Waals surface area contributed by atoms with Crippen molar-refractivity contribution in [3.05, 3.63) is 58.6 Å². The van der Waals surface area contributed by atoms with Gasteiger partial charge in [0, 0.05) is 30.5 Å². The fourth-order valence-electron chi connectivity index (χ4n) is 1.80. The maximum absolute atomic E-state index is 11.6. The predicted molar refractivity (Wildman–Crippen MR) is 94.7 cm³/mol. The average Bonchev–Trinajstić information content (AvgIpc) is 2.51. The molecule has 0 fully saturated rings. The van der Waals surface area contributed by atoms with Crippen molar-refractivity contribution in [3.63, 3.8) is 0 Å². The van der Waals surface area contributed by atoms with Gasteiger partial charge in [0.25, 0.3) is 0 Å². The molecule has 0 heterocycles. The van der Waals surface area contributed by atoms with Gasteiger partial charge in [-0.05, 0) is 42.3 Å². The first-order valence-corrected chi connectivity index (χ1v) is 7.38. The van der Waals surface area contributed by atoms with Crippen molar-refractivity contribution in [3.8, 4) is 0 Å². The van der Waals surface area contributed by atoms with E-state index in [9.17, 15) is 4.79 Å². The van der Waals surface area contributed by atoms with Crippen LogP contribution < -0.4 is 10.2 Å². The van der Waals surface area contributed by atoms with Crippen molar-refractivity contribution in [1.29, 1.82) is 0 Å². The molecule has 2 aromatic rings. The molecule has 120 valence electrons. The molecule has 0 aliphatic carbocycles. The minimum absolute atomic E-state index is 0.552. The zero-order chi connectivity index (χ0) is 16.8. The van der Waals surface area contributed by atoms with Crippen LogP contribution in [0.2, 0.25) is 5.02 Å². The van der Waals surface area contributed by atoms with E-state index < -0.39 is 6.09 Å². The van der Waals surface area contributed by atoms with Gasteiger partial charge in [-0.3, -0.25) is 10.2 Å². The SMILES string of the molecule is Cc1ccc(NC(=O)O/N=C\c2ccc(N(C)C)cc2)cc1Cl. The molecule has 0 radical (unpaired) electrons. The lowest BCUT2D eigenvalue weighted by Crippen LogP contribution is -2.11. The van der Waals surface area contributed by atoms with Gasteiger partial charge in [0.05, 0.1) is 6.21 Å². The van der Waals surface area contributed by atoms with E-state index in [2.05, 4.69) is 10.5 Å². The lowest BCUT2D eigenvalue weighted by Gasteiger charge is -2.11. The summed E-state index contributed by atoms with van der Waals surface area (Å²) >= 11 is 5.99. The van der Waals surface area contributed by atoms with Crippen LogP contribution in [0.5, 0.6) is 0 Å². The highest BCUT2D eigenvalue weighted by atomic mass is 35.5. The van der Waals surface area contributed by atoms with Crippen molar-refractivity contribution in [2.75, 3.05) is 24.3 Å². The molecular formula is C17H18ClN3O2. The highest BCUT2D eigenvalue weighted by Crippen LogP contribution is 2.20. The fourth-order valence-corrected chi connectivity index (χ4v) is 1.99. The van der Waals surface area contributed by atoms with Crippen LogP contribution >= 0.6 is 11.6 Å². The van der Waals surface area contributed by atoms with Gasteiger partial charge in [-0.15, -0.1) is 0 Å². The highest BCUT2D eigenvalue weighted by molar-refractivity contribution is 6.31. The molecule has 0 bridgehead atoms. The van der Waals surface area contributed by atoms with Crippen molar-refractivity contribution in [2.45, 2.75) is 6.92 Å². The molecule has 2 rings (SSSR count). The standard InChI is InChI=1S/C17H18ClN3O2/c1-12-4-7-14(10-16(12)18)20-17(22)23-19-11-13-5-8-15(9-6-13)21(2)3/h4-11H,1-3H3,(H,20,22)/b19-11-. The lowest BCUT2D eigenvalue weighted by atomic mass is 10.2. The van der Waals surface area contributed by atoms with E-state index in [1.54, 1.807) is 12.1 Å². The summed E-state index contributed by atoms with van der Waals surface area (Å²) in [6.07, 6.45) is 0.798. The molecular weight excluding hydrogens is 314 g/mol. The van der Waals surface area contributed by atoms with Crippen LogP contribution in [-0.4, -0.2) is 26.4 Å². The number of benzene rings is 2. The number of halogens is 1. The summed E-state index contributed by atoms with van der Waals surface area (Å²) in [5, 5.41) is 6.80. The number of hydrogen-bond donors (Lipinski definition) is 1. The third-order valence-corrected chi connectivity index (χ3v) is 3.57. The fraction of sp³-hybridized carbons (Fsp3) is 0.176. The Kier molecular flexibility index (Phi) is 5.60. The van der Waals surface area contributed by atoms with Crippen LogP contribution in [0, 0.1) is 6.92 Å². The largest absolute Gasteiger partial charge is 0.437 e. The zero-order valence-electron chi connectivity index (χ0n) is 13.2. The van der Waals surface area contributed by atoms with Crippen LogP contribution in [-0.2, 0) is 4.84 Å². The molecule has 0 aromatic heterocycles. The molecule has 6 heteroatoms. The Morgan fingerprint density at radius 2 is 1.91 bits per heavy atom. The minimum Gasteiger partial charge on any atom is -0.378 e. The van der Waals surface area contributed by atoms with E-state index in [0.717, 1.165) is 16.8 Å². The molecule has 1 amide bonds. The van der Waals surface area contributed by atoms with E-state index >= 15 is 0 Å². The molecule has 0 spiro atoms. The predicted octanol–water partition coefficient (Wildman–Crippen LogP) is 4.30. The Hall–Kier alpha value is -2.53. The summed E-state index contributed by atoms with van der Waals surface area (Å²) in [6, 6.07) is 12.9. The average molecular weight is 332 g/mol. The van der Waals surface area contributed by atoms with Gasteiger partial charge in [0.15, 0.2) is 0 Å². The molecule has 1 N–H and O–H groups in total. The minimum atomic E-state index is -0.675. The number of hydrogen-bond acceptors (Lipinski definition) is 4. The van der Waals surface area contributed by atoms with Crippen LogP contribution in [0.1, 0.15) is 11.1 Å². The van der Waals surface area contributed by atoms with E-state index in [4.69, 9.17) is 16.4 Å². The number of amides is 1. The first kappa shape index (κ1) is 16.8. The van der Waals surface area contributed by atoms with E-state index in [1.807, 2.05) is 56.3 Å². The van der Waals surface area contributed by atoms with Gasteiger partial charge in [0.2, 0.25) is 0 Å². The molecule has 0 atom stereocenters. The normalized spacial score (nSPS) is 10.6.